The lowest BCUT2D eigenvalue weighted by atomic mass is 9.95. The number of aliphatic hydroxyl groups excluding tert-OH is 1. The number of nitrogens with zero attached hydrogens (tertiary/aromatic N) is 3. The molecule has 0 radical (unpaired) electrons. The summed E-state index contributed by atoms with van der Waals surface area (Å²) in [7, 11) is 1.42. The Bertz CT molecular complexity index is 1280. The number of unbranched alkanes of at least 4 members (excludes halogenated alkanes) is 1. The van der Waals surface area contributed by atoms with E-state index in [9.17, 15) is 19.8 Å². The van der Waals surface area contributed by atoms with Gasteiger partial charge < -0.3 is 29.2 Å². The van der Waals surface area contributed by atoms with Crippen molar-refractivity contribution in [2.45, 2.75) is 38.8 Å². The molecule has 0 bridgehead atoms. The molecule has 0 aliphatic carbocycles. The van der Waals surface area contributed by atoms with Crippen LogP contribution in [0.15, 0.2) is 66.8 Å². The van der Waals surface area contributed by atoms with Gasteiger partial charge >= 0.3 is 0 Å². The Morgan fingerprint density at radius 1 is 1.11 bits per heavy atom. The van der Waals surface area contributed by atoms with E-state index < -0.39 is 17.7 Å². The number of ketones is 1. The number of phenols is 1. The van der Waals surface area contributed by atoms with Crippen molar-refractivity contribution >= 4 is 17.4 Å². The number of hydrogen-bond donors (Lipinski definition) is 2. The fourth-order valence-electron chi connectivity index (χ4n) is 4.39. The first kappa shape index (κ1) is 25.8. The molecule has 1 aliphatic rings. The summed E-state index contributed by atoms with van der Waals surface area (Å²) in [6.07, 6.45) is 7.63. The zero-order valence-electron chi connectivity index (χ0n) is 21.0. The van der Waals surface area contributed by atoms with Crippen molar-refractivity contribution in [3.05, 3.63) is 77.9 Å². The minimum Gasteiger partial charge on any atom is -0.507 e. The number of aromatic hydroxyl groups is 1. The van der Waals surface area contributed by atoms with Crippen LogP contribution >= 0.6 is 0 Å². The zero-order valence-corrected chi connectivity index (χ0v) is 21.0. The largest absolute Gasteiger partial charge is 0.507 e. The van der Waals surface area contributed by atoms with E-state index in [0.29, 0.717) is 36.4 Å². The summed E-state index contributed by atoms with van der Waals surface area (Å²) in [5.74, 6) is -1.05. The molecule has 1 atom stereocenters. The third kappa shape index (κ3) is 5.61. The molecule has 9 nitrogen and oxygen atoms in total. The minimum atomic E-state index is -0.859. The first-order valence-corrected chi connectivity index (χ1v) is 12.3. The Kier molecular flexibility index (Phi) is 8.12. The molecule has 1 aliphatic heterocycles. The topological polar surface area (TPSA) is 114 Å². The smallest absolute Gasteiger partial charge is 0.295 e. The van der Waals surface area contributed by atoms with Crippen LogP contribution in [0, 0.1) is 0 Å². The lowest BCUT2D eigenvalue weighted by molar-refractivity contribution is -0.139. The molecule has 1 fully saturated rings. The second kappa shape index (κ2) is 11.6. The number of ether oxygens (including phenoxy) is 2. The van der Waals surface area contributed by atoms with Crippen molar-refractivity contribution in [2.24, 2.45) is 0 Å². The Labute approximate surface area is 215 Å². The van der Waals surface area contributed by atoms with E-state index >= 15 is 0 Å². The third-order valence-corrected chi connectivity index (χ3v) is 6.31. The second-order valence-electron chi connectivity index (χ2n) is 8.81. The highest BCUT2D eigenvalue weighted by molar-refractivity contribution is 6.46. The fourth-order valence-corrected chi connectivity index (χ4v) is 4.39. The van der Waals surface area contributed by atoms with E-state index in [4.69, 9.17) is 9.47 Å². The average Bonchev–Trinajstić information content (AvgIpc) is 3.51. The van der Waals surface area contributed by atoms with Gasteiger partial charge in [-0.05, 0) is 42.7 Å². The number of carbonyl (C=O) groups excluding carboxylic acids is 2. The van der Waals surface area contributed by atoms with Gasteiger partial charge in [-0.2, -0.15) is 0 Å². The maximum absolute atomic E-state index is 13.3. The number of Topliss-reactive ketones (excluding diaryl/α,β-unsaturated/α-hetero) is 1. The van der Waals surface area contributed by atoms with Crippen LogP contribution in [-0.4, -0.2) is 56.6 Å². The summed E-state index contributed by atoms with van der Waals surface area (Å²) in [5, 5.41) is 21.5. The van der Waals surface area contributed by atoms with E-state index in [1.54, 1.807) is 48.9 Å². The third-order valence-electron chi connectivity index (χ3n) is 6.31. The number of amides is 1. The van der Waals surface area contributed by atoms with Crippen molar-refractivity contribution < 1.29 is 29.3 Å². The van der Waals surface area contributed by atoms with Crippen molar-refractivity contribution in [2.75, 3.05) is 20.3 Å². The monoisotopic (exact) mass is 505 g/mol. The van der Waals surface area contributed by atoms with Gasteiger partial charge in [-0.1, -0.05) is 31.5 Å². The van der Waals surface area contributed by atoms with Gasteiger partial charge in [0.25, 0.3) is 11.7 Å². The number of rotatable bonds is 11. The number of aromatic nitrogens is 2. The molecule has 9 heteroatoms. The highest BCUT2D eigenvalue weighted by Crippen LogP contribution is 2.42. The van der Waals surface area contributed by atoms with Crippen molar-refractivity contribution in [1.82, 2.24) is 14.5 Å². The summed E-state index contributed by atoms with van der Waals surface area (Å²) in [6, 6.07) is 10.6. The zero-order chi connectivity index (χ0) is 26.4. The van der Waals surface area contributed by atoms with E-state index in [1.807, 2.05) is 10.8 Å². The van der Waals surface area contributed by atoms with Gasteiger partial charge in [-0.15, -0.1) is 0 Å². The van der Waals surface area contributed by atoms with Gasteiger partial charge in [0, 0.05) is 31.0 Å². The molecule has 1 amide bonds. The fraction of sp³-hybridized carbons (Fsp3) is 0.321. The van der Waals surface area contributed by atoms with E-state index in [2.05, 4.69) is 11.9 Å². The van der Waals surface area contributed by atoms with E-state index in [0.717, 1.165) is 12.8 Å². The molecule has 1 saturated heterocycles. The predicted octanol–water partition coefficient (Wildman–Crippen LogP) is 4.29. The Balaban J connectivity index is 1.73. The van der Waals surface area contributed by atoms with Crippen LogP contribution in [0.25, 0.3) is 5.76 Å². The molecule has 1 unspecified atom stereocenters. The van der Waals surface area contributed by atoms with Crippen molar-refractivity contribution in [3.8, 4) is 17.2 Å². The number of aryl methyl sites for hydroxylation is 1. The predicted molar refractivity (Wildman–Crippen MR) is 137 cm³/mol. The Morgan fingerprint density at radius 3 is 2.68 bits per heavy atom. The molecule has 4 rings (SSSR count). The molecule has 2 heterocycles. The highest BCUT2D eigenvalue weighted by Gasteiger charge is 2.46. The van der Waals surface area contributed by atoms with Crippen LogP contribution in [0.3, 0.4) is 0 Å². The van der Waals surface area contributed by atoms with Crippen LogP contribution < -0.4 is 9.47 Å². The number of carbonyl (C=O) groups is 2. The average molecular weight is 506 g/mol. The van der Waals surface area contributed by atoms with E-state index in [1.165, 1.54) is 18.1 Å². The number of methoxy groups -OCH3 is 1. The standard InChI is InChI=1S/C28H31N3O6/c1-3-4-15-37-21-8-5-7-20(16-21)26(33)24-25(19-9-10-22(32)23(17-19)36-2)31(28(35)27(24)34)13-6-12-30-14-11-29-18-30/h5,7-11,14,16-18,25,32-33H,3-4,6,12-13,15H2,1-2H3/b26-24+. The van der Waals surface area contributed by atoms with Crippen LogP contribution in [0.4, 0.5) is 0 Å². The molecule has 194 valence electrons. The SMILES string of the molecule is CCCCOc1cccc(/C(O)=C2\C(=O)C(=O)N(CCCn3ccnc3)C2c2ccc(O)c(OC)c2)c1. The number of imidazole rings is 1. The first-order chi connectivity index (χ1) is 17.9. The van der Waals surface area contributed by atoms with Crippen LogP contribution in [0.1, 0.15) is 43.4 Å². The Hall–Kier alpha value is -4.27. The van der Waals surface area contributed by atoms with Crippen molar-refractivity contribution in [1.29, 1.82) is 0 Å². The minimum absolute atomic E-state index is 0.0221. The quantitative estimate of drug-likeness (QED) is 0.173. The van der Waals surface area contributed by atoms with Crippen LogP contribution in [-0.2, 0) is 16.1 Å². The number of phenolic OH excluding ortho intramolecular Hbond substituents is 1. The lowest BCUT2D eigenvalue weighted by Crippen LogP contribution is -2.31. The molecule has 3 aromatic rings. The van der Waals surface area contributed by atoms with Crippen LogP contribution in [0.2, 0.25) is 0 Å². The number of benzene rings is 2. The van der Waals surface area contributed by atoms with Gasteiger partial charge in [0.1, 0.15) is 11.5 Å². The second-order valence-corrected chi connectivity index (χ2v) is 8.81. The van der Waals surface area contributed by atoms with E-state index in [-0.39, 0.29) is 29.4 Å². The highest BCUT2D eigenvalue weighted by atomic mass is 16.5. The number of hydrogen-bond acceptors (Lipinski definition) is 7. The first-order valence-electron chi connectivity index (χ1n) is 12.3. The normalized spacial score (nSPS) is 16.8. The maximum Gasteiger partial charge on any atom is 0.295 e. The summed E-state index contributed by atoms with van der Waals surface area (Å²) in [6.45, 7) is 3.48. The van der Waals surface area contributed by atoms with Crippen LogP contribution in [0.5, 0.6) is 17.2 Å². The summed E-state index contributed by atoms with van der Waals surface area (Å²) >= 11 is 0. The van der Waals surface area contributed by atoms with Gasteiger partial charge in [-0.25, -0.2) is 4.98 Å². The molecular weight excluding hydrogens is 474 g/mol. The number of aliphatic hydroxyl groups is 1. The molecule has 2 N–H and O–H groups in total. The number of likely N-dealkylation sites (tertiary alicyclic amines) is 1. The van der Waals surface area contributed by atoms with Gasteiger partial charge in [0.05, 0.1) is 31.7 Å². The van der Waals surface area contributed by atoms with Gasteiger partial charge in [-0.3, -0.25) is 9.59 Å². The molecule has 0 spiro atoms. The molecular formula is C28H31N3O6. The maximum atomic E-state index is 13.3. The molecule has 0 saturated carbocycles. The lowest BCUT2D eigenvalue weighted by Gasteiger charge is -2.26. The summed E-state index contributed by atoms with van der Waals surface area (Å²) in [4.78, 5) is 32.0. The summed E-state index contributed by atoms with van der Waals surface area (Å²) < 4.78 is 12.9. The Morgan fingerprint density at radius 2 is 1.95 bits per heavy atom. The molecule has 37 heavy (non-hydrogen) atoms. The molecule has 2 aromatic carbocycles. The summed E-state index contributed by atoms with van der Waals surface area (Å²) in [5.41, 5.74) is 0.889. The van der Waals surface area contributed by atoms with Crippen molar-refractivity contribution in [3.63, 3.8) is 0 Å². The molecule has 1 aromatic heterocycles. The van der Waals surface area contributed by atoms with Gasteiger partial charge in [0.15, 0.2) is 11.5 Å². The van der Waals surface area contributed by atoms with Gasteiger partial charge in [0.2, 0.25) is 0 Å².